The molecule has 0 aliphatic carbocycles. The first kappa shape index (κ1) is 11.4. The quantitative estimate of drug-likeness (QED) is 0.888. The Kier molecular flexibility index (Phi) is 3.12. The first-order chi connectivity index (χ1) is 7.59. The van der Waals surface area contributed by atoms with Crippen molar-refractivity contribution < 1.29 is 0 Å². The van der Waals surface area contributed by atoms with E-state index in [-0.39, 0.29) is 12.1 Å². The normalized spacial score (nSPS) is 15.0. The van der Waals surface area contributed by atoms with Gasteiger partial charge in [0, 0.05) is 17.1 Å². The van der Waals surface area contributed by atoms with Crippen LogP contribution in [0.2, 0.25) is 0 Å². The van der Waals surface area contributed by atoms with Crippen molar-refractivity contribution in [3.05, 3.63) is 39.8 Å². The predicted octanol–water partition coefficient (Wildman–Crippen LogP) is 2.50. The highest BCUT2D eigenvalue weighted by Crippen LogP contribution is 2.28. The van der Waals surface area contributed by atoms with Crippen LogP contribution in [0.25, 0.3) is 0 Å². The summed E-state index contributed by atoms with van der Waals surface area (Å²) in [7, 11) is 0. The van der Waals surface area contributed by atoms with Gasteiger partial charge in [0.1, 0.15) is 6.04 Å². The van der Waals surface area contributed by atoms with Gasteiger partial charge in [-0.15, -0.1) is 11.3 Å². The van der Waals surface area contributed by atoms with E-state index in [2.05, 4.69) is 23.5 Å². The van der Waals surface area contributed by atoms with E-state index in [1.807, 2.05) is 30.9 Å². The third-order valence-corrected chi connectivity index (χ3v) is 3.77. The summed E-state index contributed by atoms with van der Waals surface area (Å²) in [5.41, 5.74) is 8.54. The van der Waals surface area contributed by atoms with Crippen LogP contribution in [0.1, 0.15) is 29.0 Å². The average Bonchev–Trinajstić information content (AvgIpc) is 2.78. The van der Waals surface area contributed by atoms with Gasteiger partial charge in [-0.1, -0.05) is 0 Å². The van der Waals surface area contributed by atoms with Crippen LogP contribution in [0.3, 0.4) is 0 Å². The zero-order chi connectivity index (χ0) is 11.7. The minimum Gasteiger partial charge on any atom is -0.326 e. The molecule has 0 saturated heterocycles. The first-order valence-electron chi connectivity index (χ1n) is 5.40. The Hall–Kier alpha value is -1.13. The highest BCUT2D eigenvalue weighted by molar-refractivity contribution is 7.10. The lowest BCUT2D eigenvalue weighted by Crippen LogP contribution is -2.30. The van der Waals surface area contributed by atoms with Gasteiger partial charge in [-0.3, -0.25) is 4.68 Å². The molecule has 0 aliphatic heterocycles. The SMILES string of the molecule is Cc1cnn(C(c2sccc2C)C(C)N)c1. The Balaban J connectivity index is 2.42. The minimum absolute atomic E-state index is 0.0525. The van der Waals surface area contributed by atoms with E-state index in [9.17, 15) is 0 Å². The molecule has 0 aromatic carbocycles. The lowest BCUT2D eigenvalue weighted by molar-refractivity contribution is 0.459. The number of rotatable bonds is 3. The summed E-state index contributed by atoms with van der Waals surface area (Å²) in [6.07, 6.45) is 3.92. The Morgan fingerprint density at radius 3 is 2.62 bits per heavy atom. The van der Waals surface area contributed by atoms with Gasteiger partial charge in [-0.05, 0) is 43.3 Å². The third-order valence-electron chi connectivity index (χ3n) is 2.68. The molecule has 0 radical (unpaired) electrons. The molecule has 4 heteroatoms. The van der Waals surface area contributed by atoms with E-state index >= 15 is 0 Å². The molecule has 2 heterocycles. The summed E-state index contributed by atoms with van der Waals surface area (Å²) in [6, 6.07) is 2.33. The third kappa shape index (κ3) is 2.03. The summed E-state index contributed by atoms with van der Waals surface area (Å²) < 4.78 is 1.97. The molecule has 0 spiro atoms. The van der Waals surface area contributed by atoms with E-state index in [1.165, 1.54) is 16.0 Å². The number of aryl methyl sites for hydroxylation is 2. The molecule has 0 amide bonds. The van der Waals surface area contributed by atoms with Gasteiger partial charge in [0.2, 0.25) is 0 Å². The lowest BCUT2D eigenvalue weighted by atomic mass is 10.1. The molecular weight excluding hydrogens is 218 g/mol. The van der Waals surface area contributed by atoms with Crippen molar-refractivity contribution in [3.8, 4) is 0 Å². The highest BCUT2D eigenvalue weighted by atomic mass is 32.1. The van der Waals surface area contributed by atoms with Gasteiger partial charge in [0.25, 0.3) is 0 Å². The second kappa shape index (κ2) is 4.39. The van der Waals surface area contributed by atoms with Gasteiger partial charge in [-0.2, -0.15) is 5.10 Å². The highest BCUT2D eigenvalue weighted by Gasteiger charge is 2.21. The number of nitrogens with two attached hydrogens (primary N) is 1. The molecule has 86 valence electrons. The number of hydrogen-bond acceptors (Lipinski definition) is 3. The molecule has 2 unspecified atom stereocenters. The van der Waals surface area contributed by atoms with E-state index < -0.39 is 0 Å². The van der Waals surface area contributed by atoms with Crippen molar-refractivity contribution in [2.45, 2.75) is 32.9 Å². The Morgan fingerprint density at radius 1 is 1.44 bits per heavy atom. The Labute approximate surface area is 99.9 Å². The van der Waals surface area contributed by atoms with Crippen LogP contribution in [0.5, 0.6) is 0 Å². The molecule has 0 fully saturated rings. The number of nitrogens with zero attached hydrogens (tertiary/aromatic N) is 2. The standard InChI is InChI=1S/C12H17N3S/c1-8-6-14-15(7-8)11(10(3)13)12-9(2)4-5-16-12/h4-7,10-11H,13H2,1-3H3. The molecule has 2 aromatic rings. The van der Waals surface area contributed by atoms with Gasteiger partial charge >= 0.3 is 0 Å². The maximum absolute atomic E-state index is 6.08. The molecule has 0 saturated carbocycles. The molecule has 2 atom stereocenters. The predicted molar refractivity (Wildman–Crippen MR) is 67.8 cm³/mol. The topological polar surface area (TPSA) is 43.8 Å². The molecule has 0 bridgehead atoms. The number of thiophene rings is 1. The molecule has 2 aromatic heterocycles. The maximum atomic E-state index is 6.08. The van der Waals surface area contributed by atoms with E-state index in [0.717, 1.165) is 0 Å². The lowest BCUT2D eigenvalue weighted by Gasteiger charge is -2.21. The van der Waals surface area contributed by atoms with Crippen LogP contribution in [-0.2, 0) is 0 Å². The van der Waals surface area contributed by atoms with Gasteiger partial charge < -0.3 is 5.73 Å². The van der Waals surface area contributed by atoms with Crippen molar-refractivity contribution in [3.63, 3.8) is 0 Å². The number of aromatic nitrogens is 2. The molecule has 3 nitrogen and oxygen atoms in total. The van der Waals surface area contributed by atoms with Gasteiger partial charge in [0.15, 0.2) is 0 Å². The van der Waals surface area contributed by atoms with Crippen LogP contribution < -0.4 is 5.73 Å². The molecule has 2 N–H and O–H groups in total. The van der Waals surface area contributed by atoms with Crippen LogP contribution in [0.4, 0.5) is 0 Å². The molecule has 0 aliphatic rings. The molecule has 16 heavy (non-hydrogen) atoms. The smallest absolute Gasteiger partial charge is 0.101 e. The summed E-state index contributed by atoms with van der Waals surface area (Å²) in [5.74, 6) is 0. The second-order valence-corrected chi connectivity index (χ2v) is 5.22. The van der Waals surface area contributed by atoms with E-state index in [4.69, 9.17) is 5.73 Å². The number of hydrogen-bond donors (Lipinski definition) is 1. The van der Waals surface area contributed by atoms with Crippen molar-refractivity contribution in [1.29, 1.82) is 0 Å². The summed E-state index contributed by atoms with van der Waals surface area (Å²) >= 11 is 1.75. The van der Waals surface area contributed by atoms with Crippen molar-refractivity contribution in [1.82, 2.24) is 9.78 Å². The van der Waals surface area contributed by atoms with E-state index in [1.54, 1.807) is 11.3 Å². The van der Waals surface area contributed by atoms with Crippen molar-refractivity contribution >= 4 is 11.3 Å². The molecular formula is C12H17N3S. The van der Waals surface area contributed by atoms with Crippen LogP contribution >= 0.6 is 11.3 Å². The van der Waals surface area contributed by atoms with Gasteiger partial charge in [0.05, 0.1) is 6.20 Å². The zero-order valence-electron chi connectivity index (χ0n) is 9.84. The Morgan fingerprint density at radius 2 is 2.19 bits per heavy atom. The van der Waals surface area contributed by atoms with Gasteiger partial charge in [-0.25, -0.2) is 0 Å². The summed E-state index contributed by atoms with van der Waals surface area (Å²) in [5, 5.41) is 6.49. The van der Waals surface area contributed by atoms with Crippen molar-refractivity contribution in [2.24, 2.45) is 5.73 Å². The fourth-order valence-corrected chi connectivity index (χ4v) is 3.01. The summed E-state index contributed by atoms with van der Waals surface area (Å²) in [6.45, 7) is 6.20. The van der Waals surface area contributed by atoms with E-state index in [0.29, 0.717) is 0 Å². The minimum atomic E-state index is 0.0525. The largest absolute Gasteiger partial charge is 0.326 e. The maximum Gasteiger partial charge on any atom is 0.101 e. The van der Waals surface area contributed by atoms with Crippen LogP contribution in [0, 0.1) is 13.8 Å². The molecule has 2 rings (SSSR count). The zero-order valence-corrected chi connectivity index (χ0v) is 10.7. The Bertz CT molecular complexity index is 470. The first-order valence-corrected chi connectivity index (χ1v) is 6.28. The van der Waals surface area contributed by atoms with Crippen LogP contribution in [0.15, 0.2) is 23.8 Å². The monoisotopic (exact) mass is 235 g/mol. The van der Waals surface area contributed by atoms with Crippen molar-refractivity contribution in [2.75, 3.05) is 0 Å². The fourth-order valence-electron chi connectivity index (χ4n) is 1.87. The fraction of sp³-hybridized carbons (Fsp3) is 0.417. The van der Waals surface area contributed by atoms with Crippen LogP contribution in [-0.4, -0.2) is 15.8 Å². The second-order valence-electron chi connectivity index (χ2n) is 4.27. The average molecular weight is 235 g/mol. The summed E-state index contributed by atoms with van der Waals surface area (Å²) in [4.78, 5) is 1.30.